The molecule has 0 aliphatic heterocycles. The summed E-state index contributed by atoms with van der Waals surface area (Å²) in [6.45, 7) is 3.74. The summed E-state index contributed by atoms with van der Waals surface area (Å²) in [5.74, 6) is 6.36. The third-order valence-electron chi connectivity index (χ3n) is 1.63. The van der Waals surface area contributed by atoms with Crippen molar-refractivity contribution in [1.29, 1.82) is 0 Å². The van der Waals surface area contributed by atoms with E-state index in [1.54, 1.807) is 19.3 Å². The second kappa shape index (κ2) is 4.58. The van der Waals surface area contributed by atoms with Crippen LogP contribution in [-0.2, 0) is 0 Å². The first-order chi connectivity index (χ1) is 6.24. The number of nitrogens with zero attached hydrogens (tertiary/aromatic N) is 2. The first-order valence-corrected chi connectivity index (χ1v) is 4.17. The molecule has 0 spiro atoms. The van der Waals surface area contributed by atoms with Crippen LogP contribution in [0.5, 0.6) is 0 Å². The number of nitrogens with two attached hydrogens (primary N) is 1. The van der Waals surface area contributed by atoms with Gasteiger partial charge in [-0.05, 0) is 19.4 Å². The molecule has 13 heavy (non-hydrogen) atoms. The standard InChI is InChI=1S/C10H13N3/c1-3-4-5-9(11)10-12-6-8(2)7-13-10/h6-7,9H,5,11H2,1-2H3. The molecule has 0 radical (unpaired) electrons. The van der Waals surface area contributed by atoms with Crippen molar-refractivity contribution in [2.75, 3.05) is 0 Å². The van der Waals surface area contributed by atoms with E-state index >= 15 is 0 Å². The van der Waals surface area contributed by atoms with Gasteiger partial charge in [-0.3, -0.25) is 0 Å². The largest absolute Gasteiger partial charge is 0.321 e. The molecule has 1 atom stereocenters. The van der Waals surface area contributed by atoms with Crippen LogP contribution in [0.1, 0.15) is 30.8 Å². The van der Waals surface area contributed by atoms with Crippen LogP contribution in [0.4, 0.5) is 0 Å². The van der Waals surface area contributed by atoms with Crippen LogP contribution in [0.2, 0.25) is 0 Å². The molecule has 1 rings (SSSR count). The smallest absolute Gasteiger partial charge is 0.145 e. The Morgan fingerprint density at radius 2 is 2.08 bits per heavy atom. The first-order valence-electron chi connectivity index (χ1n) is 4.17. The highest BCUT2D eigenvalue weighted by Crippen LogP contribution is 2.06. The number of hydrogen-bond acceptors (Lipinski definition) is 3. The van der Waals surface area contributed by atoms with E-state index in [4.69, 9.17) is 5.73 Å². The van der Waals surface area contributed by atoms with Crippen molar-refractivity contribution in [1.82, 2.24) is 9.97 Å². The van der Waals surface area contributed by atoms with Crippen molar-refractivity contribution < 1.29 is 0 Å². The average Bonchev–Trinajstić information content (AvgIpc) is 2.15. The summed E-state index contributed by atoms with van der Waals surface area (Å²) in [5.41, 5.74) is 6.84. The van der Waals surface area contributed by atoms with Gasteiger partial charge >= 0.3 is 0 Å². The van der Waals surface area contributed by atoms with Gasteiger partial charge in [0.05, 0.1) is 6.04 Å². The van der Waals surface area contributed by atoms with Crippen molar-refractivity contribution in [2.24, 2.45) is 5.73 Å². The second-order valence-electron chi connectivity index (χ2n) is 2.86. The zero-order chi connectivity index (χ0) is 9.68. The molecule has 1 unspecified atom stereocenters. The highest BCUT2D eigenvalue weighted by atomic mass is 14.9. The number of aromatic nitrogens is 2. The lowest BCUT2D eigenvalue weighted by Crippen LogP contribution is -2.13. The van der Waals surface area contributed by atoms with E-state index in [9.17, 15) is 0 Å². The lowest BCUT2D eigenvalue weighted by Gasteiger charge is -2.05. The quantitative estimate of drug-likeness (QED) is 0.687. The highest BCUT2D eigenvalue weighted by molar-refractivity contribution is 5.07. The summed E-state index contributed by atoms with van der Waals surface area (Å²) < 4.78 is 0. The van der Waals surface area contributed by atoms with Crippen LogP contribution in [0.3, 0.4) is 0 Å². The zero-order valence-electron chi connectivity index (χ0n) is 7.91. The summed E-state index contributed by atoms with van der Waals surface area (Å²) in [7, 11) is 0. The van der Waals surface area contributed by atoms with Gasteiger partial charge in [-0.2, -0.15) is 0 Å². The van der Waals surface area contributed by atoms with Gasteiger partial charge in [-0.15, -0.1) is 11.8 Å². The van der Waals surface area contributed by atoms with Gasteiger partial charge in [-0.25, -0.2) is 9.97 Å². The third-order valence-corrected chi connectivity index (χ3v) is 1.63. The SMILES string of the molecule is CC#CCC(N)c1ncc(C)cn1. The summed E-state index contributed by atoms with van der Waals surface area (Å²) in [6.07, 6.45) is 4.14. The van der Waals surface area contributed by atoms with Gasteiger partial charge in [0.2, 0.25) is 0 Å². The second-order valence-corrected chi connectivity index (χ2v) is 2.86. The summed E-state index contributed by atoms with van der Waals surface area (Å²) in [4.78, 5) is 8.25. The highest BCUT2D eigenvalue weighted by Gasteiger charge is 2.05. The van der Waals surface area contributed by atoms with Crippen molar-refractivity contribution in [2.45, 2.75) is 26.3 Å². The lowest BCUT2D eigenvalue weighted by molar-refractivity contribution is 0.689. The summed E-state index contributed by atoms with van der Waals surface area (Å²) in [6, 6.07) is -0.173. The molecule has 68 valence electrons. The van der Waals surface area contributed by atoms with E-state index in [-0.39, 0.29) is 6.04 Å². The molecular formula is C10H13N3. The van der Waals surface area contributed by atoms with Gasteiger partial charge in [-0.1, -0.05) is 0 Å². The minimum atomic E-state index is -0.173. The molecule has 0 saturated heterocycles. The molecule has 1 aromatic heterocycles. The topological polar surface area (TPSA) is 51.8 Å². The van der Waals surface area contributed by atoms with E-state index in [2.05, 4.69) is 21.8 Å². The summed E-state index contributed by atoms with van der Waals surface area (Å²) in [5, 5.41) is 0. The van der Waals surface area contributed by atoms with Crippen LogP contribution in [0, 0.1) is 18.8 Å². The van der Waals surface area contributed by atoms with E-state index < -0.39 is 0 Å². The Morgan fingerprint density at radius 3 is 2.62 bits per heavy atom. The lowest BCUT2D eigenvalue weighted by atomic mass is 10.2. The van der Waals surface area contributed by atoms with Gasteiger partial charge in [0.15, 0.2) is 0 Å². The third kappa shape index (κ3) is 2.85. The van der Waals surface area contributed by atoms with Gasteiger partial charge in [0.25, 0.3) is 0 Å². The Kier molecular flexibility index (Phi) is 3.41. The van der Waals surface area contributed by atoms with Crippen LogP contribution >= 0.6 is 0 Å². The van der Waals surface area contributed by atoms with E-state index in [0.29, 0.717) is 12.2 Å². The van der Waals surface area contributed by atoms with Crippen molar-refractivity contribution in [3.05, 3.63) is 23.8 Å². The molecule has 0 bridgehead atoms. The number of aryl methyl sites for hydroxylation is 1. The van der Waals surface area contributed by atoms with Crippen LogP contribution in [0.15, 0.2) is 12.4 Å². The van der Waals surface area contributed by atoms with Gasteiger partial charge in [0, 0.05) is 18.8 Å². The van der Waals surface area contributed by atoms with Crippen molar-refractivity contribution in [3.63, 3.8) is 0 Å². The fraction of sp³-hybridized carbons (Fsp3) is 0.400. The monoisotopic (exact) mass is 175 g/mol. The fourth-order valence-electron chi connectivity index (χ4n) is 0.897. The van der Waals surface area contributed by atoms with Crippen molar-refractivity contribution in [3.8, 4) is 11.8 Å². The Bertz CT molecular complexity index is 318. The minimum absolute atomic E-state index is 0.173. The fourth-order valence-corrected chi connectivity index (χ4v) is 0.897. The van der Waals surface area contributed by atoms with E-state index in [1.807, 2.05) is 6.92 Å². The molecule has 0 aliphatic carbocycles. The maximum atomic E-state index is 5.80. The Morgan fingerprint density at radius 1 is 1.46 bits per heavy atom. The predicted octanol–water partition coefficient (Wildman–Crippen LogP) is 1.20. The molecule has 0 saturated carbocycles. The maximum absolute atomic E-state index is 5.80. The molecule has 0 aliphatic rings. The van der Waals surface area contributed by atoms with Gasteiger partial charge < -0.3 is 5.73 Å². The average molecular weight is 175 g/mol. The zero-order valence-corrected chi connectivity index (χ0v) is 7.91. The minimum Gasteiger partial charge on any atom is -0.321 e. The Balaban J connectivity index is 2.69. The van der Waals surface area contributed by atoms with Crippen molar-refractivity contribution >= 4 is 0 Å². The summed E-state index contributed by atoms with van der Waals surface area (Å²) >= 11 is 0. The first kappa shape index (κ1) is 9.69. The van der Waals surface area contributed by atoms with Crippen LogP contribution in [-0.4, -0.2) is 9.97 Å². The van der Waals surface area contributed by atoms with Crippen LogP contribution in [0.25, 0.3) is 0 Å². The van der Waals surface area contributed by atoms with Gasteiger partial charge in [0.1, 0.15) is 5.82 Å². The number of hydrogen-bond donors (Lipinski definition) is 1. The molecule has 1 heterocycles. The molecule has 0 fully saturated rings. The maximum Gasteiger partial charge on any atom is 0.145 e. The van der Waals surface area contributed by atoms with Crippen LogP contribution < -0.4 is 5.73 Å². The van der Waals surface area contributed by atoms with E-state index in [1.165, 1.54) is 0 Å². The van der Waals surface area contributed by atoms with E-state index in [0.717, 1.165) is 5.56 Å². The number of rotatable bonds is 2. The molecule has 3 heteroatoms. The molecule has 1 aromatic rings. The molecule has 0 aromatic carbocycles. The normalized spacial score (nSPS) is 11.6. The Labute approximate surface area is 78.4 Å². The molecule has 0 amide bonds. The Hall–Kier alpha value is -1.40. The molecule has 3 nitrogen and oxygen atoms in total. The molecule has 2 N–H and O–H groups in total. The predicted molar refractivity (Wildman–Crippen MR) is 51.8 cm³/mol. The molecular weight excluding hydrogens is 162 g/mol.